The summed E-state index contributed by atoms with van der Waals surface area (Å²) in [4.78, 5) is 25.5. The maximum atomic E-state index is 12.9. The van der Waals surface area contributed by atoms with Crippen molar-refractivity contribution in [2.75, 3.05) is 18.4 Å². The van der Waals surface area contributed by atoms with Crippen molar-refractivity contribution in [3.8, 4) is 12.3 Å². The number of aryl methyl sites for hydroxylation is 2. The van der Waals surface area contributed by atoms with Gasteiger partial charge < -0.3 is 5.32 Å². The average molecular weight is 416 g/mol. The second-order valence-corrected chi connectivity index (χ2v) is 7.47. The molecule has 2 rings (SSSR count). The Labute approximate surface area is 163 Å². The number of hydrogen-bond donors (Lipinski definition) is 1. The summed E-state index contributed by atoms with van der Waals surface area (Å²) in [5.74, 6) is 1.94. The zero-order valence-electron chi connectivity index (χ0n) is 15.4. The van der Waals surface area contributed by atoms with E-state index in [1.54, 1.807) is 12.4 Å². The van der Waals surface area contributed by atoms with Crippen molar-refractivity contribution in [1.29, 1.82) is 0 Å². The molecule has 0 bridgehead atoms. The van der Waals surface area contributed by atoms with Crippen molar-refractivity contribution in [2.45, 2.75) is 33.6 Å². The molecule has 5 heteroatoms. The number of unbranched alkanes of at least 4 members (excludes halogenated alkanes) is 1. The Morgan fingerprint density at radius 2 is 1.92 bits per heavy atom. The second-order valence-electron chi connectivity index (χ2n) is 6.61. The maximum Gasteiger partial charge on any atom is 0.265 e. The molecule has 0 spiro atoms. The number of nitrogens with one attached hydrogen (secondary N) is 1. The molecule has 1 atom stereocenters. The molecule has 4 nitrogen and oxygen atoms in total. The number of Topliss-reactive ketones (excluding diaryl/α,β-unsaturated/α-hetero) is 1. The van der Waals surface area contributed by atoms with Gasteiger partial charge in [0.25, 0.3) is 5.91 Å². The lowest BCUT2D eigenvalue weighted by Gasteiger charge is -2.32. The first kappa shape index (κ1) is 20.2. The highest BCUT2D eigenvalue weighted by atomic mass is 79.9. The number of para-hydroxylation sites is 1. The number of terminal acetylenes is 1. The van der Waals surface area contributed by atoms with E-state index < -0.39 is 5.91 Å². The highest BCUT2D eigenvalue weighted by Crippen LogP contribution is 2.29. The fraction of sp³-hybridized carbons (Fsp3) is 0.333. The van der Waals surface area contributed by atoms with Crippen LogP contribution in [0, 0.1) is 26.2 Å². The minimum Gasteiger partial charge on any atom is -0.321 e. The van der Waals surface area contributed by atoms with Gasteiger partial charge in [-0.3, -0.25) is 14.1 Å². The van der Waals surface area contributed by atoms with Gasteiger partial charge in [-0.25, -0.2) is 0 Å². The fourth-order valence-electron chi connectivity index (χ4n) is 3.04. The summed E-state index contributed by atoms with van der Waals surface area (Å²) in [5.41, 5.74) is 2.76. The van der Waals surface area contributed by atoms with E-state index in [4.69, 9.17) is 6.42 Å². The third-order valence-corrected chi connectivity index (χ3v) is 5.06. The number of anilines is 1. The molecule has 0 aromatic heterocycles. The van der Waals surface area contributed by atoms with Gasteiger partial charge in [-0.15, -0.1) is 6.42 Å². The number of amides is 1. The molecule has 1 amide bonds. The molecule has 1 N–H and O–H groups in total. The van der Waals surface area contributed by atoms with Gasteiger partial charge in [0.15, 0.2) is 0 Å². The molecule has 1 unspecified atom stereocenters. The summed E-state index contributed by atoms with van der Waals surface area (Å²) in [6.07, 6.45) is 11.0. The smallest absolute Gasteiger partial charge is 0.265 e. The van der Waals surface area contributed by atoms with E-state index in [9.17, 15) is 9.59 Å². The summed E-state index contributed by atoms with van der Waals surface area (Å²) in [7, 11) is 0. The topological polar surface area (TPSA) is 46.2 Å². The number of rotatable bonds is 6. The number of allylic oxidation sites excluding steroid dienone is 1. The van der Waals surface area contributed by atoms with Crippen molar-refractivity contribution in [3.05, 3.63) is 51.8 Å². The molecule has 136 valence electrons. The molecule has 26 heavy (non-hydrogen) atoms. The van der Waals surface area contributed by atoms with Crippen LogP contribution >= 0.6 is 15.9 Å². The highest BCUT2D eigenvalue weighted by Gasteiger charge is 2.36. The lowest BCUT2D eigenvalue weighted by molar-refractivity contribution is -0.821. The Hall–Kier alpha value is -2.16. The van der Waals surface area contributed by atoms with Gasteiger partial charge in [0, 0.05) is 5.69 Å². The van der Waals surface area contributed by atoms with Crippen LogP contribution in [0.3, 0.4) is 0 Å². The van der Waals surface area contributed by atoms with Crippen LogP contribution in [-0.2, 0) is 9.59 Å². The molecule has 0 aliphatic carbocycles. The van der Waals surface area contributed by atoms with E-state index in [1.807, 2.05) is 32.0 Å². The van der Waals surface area contributed by atoms with Crippen LogP contribution in [0.15, 0.2) is 40.7 Å². The van der Waals surface area contributed by atoms with Crippen molar-refractivity contribution in [2.24, 2.45) is 0 Å². The van der Waals surface area contributed by atoms with Crippen molar-refractivity contribution >= 4 is 33.3 Å². The van der Waals surface area contributed by atoms with Gasteiger partial charge in [0.2, 0.25) is 5.78 Å². The predicted octanol–water partition coefficient (Wildman–Crippen LogP) is 4.19. The van der Waals surface area contributed by atoms with E-state index in [-0.39, 0.29) is 11.4 Å². The van der Waals surface area contributed by atoms with Crippen molar-refractivity contribution in [3.63, 3.8) is 0 Å². The summed E-state index contributed by atoms with van der Waals surface area (Å²) in [5, 5.41) is 2.90. The van der Waals surface area contributed by atoms with Crippen LogP contribution in [0.1, 0.15) is 30.9 Å². The van der Waals surface area contributed by atoms with Crippen LogP contribution in [-0.4, -0.2) is 29.3 Å². The van der Waals surface area contributed by atoms with E-state index in [1.165, 1.54) is 0 Å². The molecule has 1 aromatic carbocycles. The third-order valence-electron chi connectivity index (χ3n) is 4.50. The number of carbonyl (C=O) groups excluding carboxylic acids is 2. The number of benzene rings is 1. The number of ketones is 1. The van der Waals surface area contributed by atoms with E-state index in [0.29, 0.717) is 15.5 Å². The summed E-state index contributed by atoms with van der Waals surface area (Å²) in [6, 6.07) is 5.79. The quantitative estimate of drug-likeness (QED) is 0.429. The predicted molar refractivity (Wildman–Crippen MR) is 108 cm³/mol. The summed E-state index contributed by atoms with van der Waals surface area (Å²) >= 11 is 3.32. The average Bonchev–Trinajstić information content (AvgIpc) is 2.60. The number of hydrogen-bond acceptors (Lipinski definition) is 2. The minimum atomic E-state index is -0.409. The van der Waals surface area contributed by atoms with Crippen LogP contribution in [0.25, 0.3) is 0 Å². The fourth-order valence-corrected chi connectivity index (χ4v) is 3.66. The van der Waals surface area contributed by atoms with Gasteiger partial charge >= 0.3 is 0 Å². The molecular weight excluding hydrogens is 392 g/mol. The van der Waals surface area contributed by atoms with Crippen molar-refractivity contribution in [1.82, 2.24) is 0 Å². The molecule has 1 aliphatic rings. The van der Waals surface area contributed by atoms with Crippen LogP contribution in [0.5, 0.6) is 0 Å². The van der Waals surface area contributed by atoms with Gasteiger partial charge in [-0.05, 0) is 53.2 Å². The molecule has 0 radical (unpaired) electrons. The number of nitrogens with zero attached hydrogens (tertiary/aromatic N) is 1. The van der Waals surface area contributed by atoms with Crippen LogP contribution in [0.2, 0.25) is 0 Å². The Bertz CT molecular complexity index is 813. The molecular formula is C21H24BrN2O2+. The van der Waals surface area contributed by atoms with E-state index in [2.05, 4.69) is 34.1 Å². The first-order valence-corrected chi connectivity index (χ1v) is 9.46. The zero-order chi connectivity index (χ0) is 19.3. The summed E-state index contributed by atoms with van der Waals surface area (Å²) in [6.45, 7) is 7.08. The van der Waals surface area contributed by atoms with Crippen LogP contribution in [0.4, 0.5) is 5.69 Å². The summed E-state index contributed by atoms with van der Waals surface area (Å²) < 4.78 is 0.671. The lowest BCUT2D eigenvalue weighted by atomic mass is 10.0. The molecule has 0 saturated heterocycles. The Kier molecular flexibility index (Phi) is 6.57. The van der Waals surface area contributed by atoms with E-state index in [0.717, 1.165) is 36.2 Å². The third kappa shape index (κ3) is 4.32. The van der Waals surface area contributed by atoms with Gasteiger partial charge in [-0.2, -0.15) is 0 Å². The molecule has 1 aliphatic heterocycles. The second kappa shape index (κ2) is 8.48. The SMILES string of the molecule is C#CC[N+]1(CCCC)C=C(Br)C(=O)C(C(=O)Nc2c(C)cccc2C)=C1. The maximum absolute atomic E-state index is 12.9. The first-order valence-electron chi connectivity index (χ1n) is 8.67. The Morgan fingerprint density at radius 3 is 2.50 bits per heavy atom. The Balaban J connectivity index is 2.40. The monoisotopic (exact) mass is 415 g/mol. The highest BCUT2D eigenvalue weighted by molar-refractivity contribution is 9.12. The van der Waals surface area contributed by atoms with Gasteiger partial charge in [0.05, 0.1) is 6.54 Å². The largest absolute Gasteiger partial charge is 0.321 e. The Morgan fingerprint density at radius 1 is 1.27 bits per heavy atom. The first-order chi connectivity index (χ1) is 12.3. The van der Waals surface area contributed by atoms with E-state index >= 15 is 0 Å². The van der Waals surface area contributed by atoms with Gasteiger partial charge in [0.1, 0.15) is 29.0 Å². The normalized spacial score (nSPS) is 19.4. The van der Waals surface area contributed by atoms with Crippen LogP contribution < -0.4 is 5.32 Å². The standard InChI is InChI=1S/C21H23BrN2O2/c1-5-7-12-24(11-6-2)13-17(20(25)18(22)14-24)21(26)23-19-15(3)9-8-10-16(19)4/h2,8-10,13-14H,5,7,11-12H2,1,3-4H3/p+1. The molecule has 0 fully saturated rings. The number of carbonyl (C=O) groups is 2. The zero-order valence-corrected chi connectivity index (χ0v) is 17.0. The molecule has 0 saturated carbocycles. The van der Waals surface area contributed by atoms with Crippen molar-refractivity contribution < 1.29 is 14.1 Å². The lowest BCUT2D eigenvalue weighted by Crippen LogP contribution is -2.43. The molecule has 1 heterocycles. The number of halogens is 1. The minimum absolute atomic E-state index is 0.119. The number of quaternary nitrogens is 1. The molecule has 1 aromatic rings. The van der Waals surface area contributed by atoms with Gasteiger partial charge in [-0.1, -0.05) is 31.5 Å².